The predicted molar refractivity (Wildman–Crippen MR) is 76.9 cm³/mol. The smallest absolute Gasteiger partial charge is 0.312 e. The fourth-order valence-corrected chi connectivity index (χ4v) is 3.37. The molecule has 0 aromatic rings. The van der Waals surface area contributed by atoms with E-state index in [1.54, 1.807) is 0 Å². The summed E-state index contributed by atoms with van der Waals surface area (Å²) in [6.07, 6.45) is 6.84. The zero-order valence-corrected chi connectivity index (χ0v) is 12.1. The summed E-state index contributed by atoms with van der Waals surface area (Å²) < 4.78 is 0. The van der Waals surface area contributed by atoms with Gasteiger partial charge in [0.15, 0.2) is 0 Å². The van der Waals surface area contributed by atoms with Gasteiger partial charge >= 0.3 is 6.03 Å². The van der Waals surface area contributed by atoms with Crippen molar-refractivity contribution in [1.82, 2.24) is 10.2 Å². The molecule has 2 rings (SSSR count). The monoisotopic (exact) mass is 282 g/mol. The molecule has 1 heterocycles. The highest BCUT2D eigenvalue weighted by Gasteiger charge is 2.39. The number of nitrogens with zero attached hydrogens (tertiary/aromatic N) is 1. The maximum absolute atomic E-state index is 12.6. The second-order valence-corrected chi connectivity index (χ2v) is 6.22. The van der Waals surface area contributed by atoms with Crippen molar-refractivity contribution in [3.63, 3.8) is 0 Å². The first-order valence-corrected chi connectivity index (χ1v) is 7.63. The van der Waals surface area contributed by atoms with Crippen LogP contribution in [0.5, 0.6) is 0 Å². The number of nitrogens with two attached hydrogens (primary N) is 2. The van der Waals surface area contributed by atoms with Crippen LogP contribution in [0.15, 0.2) is 0 Å². The van der Waals surface area contributed by atoms with E-state index < -0.39 is 11.6 Å². The molecule has 0 bridgehead atoms. The lowest BCUT2D eigenvalue weighted by Crippen LogP contribution is -2.58. The Balaban J connectivity index is 1.90. The van der Waals surface area contributed by atoms with Crippen molar-refractivity contribution in [3.8, 4) is 0 Å². The normalized spacial score (nSPS) is 26.1. The molecule has 0 spiro atoms. The number of urea groups is 1. The minimum atomic E-state index is -0.656. The Morgan fingerprint density at radius 2 is 1.90 bits per heavy atom. The molecule has 1 saturated carbocycles. The zero-order valence-electron chi connectivity index (χ0n) is 12.1. The van der Waals surface area contributed by atoms with Crippen molar-refractivity contribution in [1.29, 1.82) is 0 Å². The van der Waals surface area contributed by atoms with Crippen molar-refractivity contribution in [2.75, 3.05) is 19.6 Å². The topological polar surface area (TPSA) is 101 Å². The van der Waals surface area contributed by atoms with E-state index in [2.05, 4.69) is 5.32 Å². The number of rotatable bonds is 3. The van der Waals surface area contributed by atoms with Gasteiger partial charge in [-0.25, -0.2) is 4.79 Å². The Bertz CT molecular complexity index is 366. The number of carbonyl (C=O) groups is 2. The van der Waals surface area contributed by atoms with E-state index in [1.807, 2.05) is 4.90 Å². The van der Waals surface area contributed by atoms with Gasteiger partial charge in [0, 0.05) is 19.6 Å². The molecule has 1 unspecified atom stereocenters. The van der Waals surface area contributed by atoms with Gasteiger partial charge in [0.1, 0.15) is 0 Å². The Labute approximate surface area is 120 Å². The summed E-state index contributed by atoms with van der Waals surface area (Å²) in [5.74, 6) is 0.383. The standard InChI is InChI=1S/C14H26N4O2/c15-13(20)17-9-11-5-4-8-18(10-11)12(19)14(16)6-2-1-3-7-14/h11H,1-10,16H2,(H3,15,17,20). The van der Waals surface area contributed by atoms with E-state index in [9.17, 15) is 9.59 Å². The van der Waals surface area contributed by atoms with Crippen molar-refractivity contribution in [2.45, 2.75) is 50.5 Å². The molecule has 2 fully saturated rings. The molecule has 6 heteroatoms. The minimum absolute atomic E-state index is 0.0981. The van der Waals surface area contributed by atoms with E-state index in [1.165, 1.54) is 6.42 Å². The largest absolute Gasteiger partial charge is 0.352 e. The van der Waals surface area contributed by atoms with Crippen LogP contribution in [0.4, 0.5) is 4.79 Å². The van der Waals surface area contributed by atoms with Crippen molar-refractivity contribution < 1.29 is 9.59 Å². The van der Waals surface area contributed by atoms with Gasteiger partial charge in [-0.2, -0.15) is 0 Å². The van der Waals surface area contributed by atoms with E-state index in [0.717, 1.165) is 45.1 Å². The molecule has 0 radical (unpaired) electrons. The highest BCUT2D eigenvalue weighted by atomic mass is 16.2. The summed E-state index contributed by atoms with van der Waals surface area (Å²) in [4.78, 5) is 25.3. The predicted octanol–water partition coefficient (Wildman–Crippen LogP) is 0.555. The average Bonchev–Trinajstić information content (AvgIpc) is 2.45. The van der Waals surface area contributed by atoms with Gasteiger partial charge < -0.3 is 21.7 Å². The van der Waals surface area contributed by atoms with E-state index in [4.69, 9.17) is 11.5 Å². The summed E-state index contributed by atoms with van der Waals surface area (Å²) in [7, 11) is 0. The Hall–Kier alpha value is -1.30. The fourth-order valence-electron chi connectivity index (χ4n) is 3.37. The minimum Gasteiger partial charge on any atom is -0.352 e. The Kier molecular flexibility index (Phi) is 4.86. The van der Waals surface area contributed by atoms with Crippen LogP contribution in [-0.4, -0.2) is 42.0 Å². The lowest BCUT2D eigenvalue weighted by molar-refractivity contribution is -0.140. The van der Waals surface area contributed by atoms with Crippen molar-refractivity contribution in [3.05, 3.63) is 0 Å². The maximum Gasteiger partial charge on any atom is 0.312 e. The van der Waals surface area contributed by atoms with Gasteiger partial charge in [-0.3, -0.25) is 4.79 Å². The number of primary amides is 1. The van der Waals surface area contributed by atoms with Gasteiger partial charge in [0.05, 0.1) is 5.54 Å². The molecule has 5 N–H and O–H groups in total. The molecule has 1 aliphatic carbocycles. The third kappa shape index (κ3) is 3.62. The number of likely N-dealkylation sites (tertiary alicyclic amines) is 1. The summed E-state index contributed by atoms with van der Waals surface area (Å²) in [6, 6.07) is -0.504. The van der Waals surface area contributed by atoms with Gasteiger partial charge in [-0.1, -0.05) is 19.3 Å². The van der Waals surface area contributed by atoms with E-state index in [0.29, 0.717) is 13.1 Å². The fraction of sp³-hybridized carbons (Fsp3) is 0.857. The third-order valence-electron chi connectivity index (χ3n) is 4.54. The average molecular weight is 282 g/mol. The van der Waals surface area contributed by atoms with Crippen LogP contribution in [0, 0.1) is 5.92 Å². The lowest BCUT2D eigenvalue weighted by atomic mass is 9.81. The molecular weight excluding hydrogens is 256 g/mol. The molecule has 0 aromatic carbocycles. The molecule has 1 atom stereocenters. The number of nitrogens with one attached hydrogen (secondary N) is 1. The summed E-state index contributed by atoms with van der Waals surface area (Å²) >= 11 is 0. The van der Waals surface area contributed by atoms with Crippen LogP contribution in [0.1, 0.15) is 44.9 Å². The van der Waals surface area contributed by atoms with Gasteiger partial charge in [-0.15, -0.1) is 0 Å². The van der Waals surface area contributed by atoms with Crippen molar-refractivity contribution >= 4 is 11.9 Å². The molecule has 1 saturated heterocycles. The van der Waals surface area contributed by atoms with Crippen LogP contribution in [0.25, 0.3) is 0 Å². The number of piperidine rings is 1. The highest BCUT2D eigenvalue weighted by molar-refractivity contribution is 5.86. The molecule has 2 aliphatic rings. The number of amides is 3. The molecular formula is C14H26N4O2. The Morgan fingerprint density at radius 1 is 1.20 bits per heavy atom. The van der Waals surface area contributed by atoms with Gasteiger partial charge in [0.2, 0.25) is 5.91 Å². The lowest BCUT2D eigenvalue weighted by Gasteiger charge is -2.40. The van der Waals surface area contributed by atoms with E-state index >= 15 is 0 Å². The summed E-state index contributed by atoms with van der Waals surface area (Å²) in [6.45, 7) is 2.00. The first-order valence-electron chi connectivity index (χ1n) is 7.63. The number of hydrogen-bond acceptors (Lipinski definition) is 3. The van der Waals surface area contributed by atoms with Crippen LogP contribution in [-0.2, 0) is 4.79 Å². The molecule has 0 aromatic heterocycles. The Morgan fingerprint density at radius 3 is 2.55 bits per heavy atom. The molecule has 6 nitrogen and oxygen atoms in total. The maximum atomic E-state index is 12.6. The molecule has 3 amide bonds. The van der Waals surface area contributed by atoms with Gasteiger partial charge in [-0.05, 0) is 31.6 Å². The third-order valence-corrected chi connectivity index (χ3v) is 4.54. The quantitative estimate of drug-likeness (QED) is 0.704. The second-order valence-electron chi connectivity index (χ2n) is 6.22. The SMILES string of the molecule is NC(=O)NCC1CCCN(C(=O)C2(N)CCCCC2)C1. The molecule has 20 heavy (non-hydrogen) atoms. The first kappa shape index (κ1) is 15.1. The second kappa shape index (κ2) is 6.43. The highest BCUT2D eigenvalue weighted by Crippen LogP contribution is 2.29. The van der Waals surface area contributed by atoms with Crippen LogP contribution in [0.2, 0.25) is 0 Å². The zero-order chi connectivity index (χ0) is 14.6. The van der Waals surface area contributed by atoms with Crippen LogP contribution in [0.3, 0.4) is 0 Å². The van der Waals surface area contributed by atoms with Gasteiger partial charge in [0.25, 0.3) is 0 Å². The van der Waals surface area contributed by atoms with Crippen molar-refractivity contribution in [2.24, 2.45) is 17.4 Å². The first-order chi connectivity index (χ1) is 9.51. The summed E-state index contributed by atoms with van der Waals surface area (Å²) in [5, 5.41) is 2.63. The number of hydrogen-bond donors (Lipinski definition) is 3. The molecule has 1 aliphatic heterocycles. The van der Waals surface area contributed by atoms with E-state index in [-0.39, 0.29) is 11.8 Å². The summed E-state index contributed by atoms with van der Waals surface area (Å²) in [5.41, 5.74) is 10.8. The number of carbonyl (C=O) groups excluding carboxylic acids is 2. The molecule has 114 valence electrons. The van der Waals surface area contributed by atoms with Crippen LogP contribution < -0.4 is 16.8 Å². The van der Waals surface area contributed by atoms with Crippen LogP contribution >= 0.6 is 0 Å².